The fraction of sp³-hybridized carbons (Fsp3) is 0.188. The molecule has 0 aliphatic carbocycles. The van der Waals surface area contributed by atoms with Gasteiger partial charge in [0.05, 0.1) is 6.54 Å². The summed E-state index contributed by atoms with van der Waals surface area (Å²) in [5.41, 5.74) is 1.90. The molecule has 110 valence electrons. The van der Waals surface area contributed by atoms with Gasteiger partial charge in [0.2, 0.25) is 0 Å². The third-order valence-electron chi connectivity index (χ3n) is 2.85. The first-order chi connectivity index (χ1) is 10.1. The third-order valence-corrected chi connectivity index (χ3v) is 3.08. The smallest absolute Gasteiger partial charge is 0.317 e. The lowest BCUT2D eigenvalue weighted by Crippen LogP contribution is -2.22. The quantitative estimate of drug-likeness (QED) is 0.825. The van der Waals surface area contributed by atoms with E-state index >= 15 is 0 Å². The van der Waals surface area contributed by atoms with Crippen molar-refractivity contribution >= 4 is 17.6 Å². The number of ether oxygens (including phenoxy) is 1. The number of benzene rings is 2. The van der Waals surface area contributed by atoms with Crippen molar-refractivity contribution in [2.24, 2.45) is 0 Å². The molecule has 2 aromatic rings. The van der Waals surface area contributed by atoms with Gasteiger partial charge in [0.1, 0.15) is 12.4 Å². The summed E-state index contributed by atoms with van der Waals surface area (Å²) < 4.78 is 5.79. The lowest BCUT2D eigenvalue weighted by atomic mass is 10.2. The van der Waals surface area contributed by atoms with E-state index in [4.69, 9.17) is 21.4 Å². The SMILES string of the molecule is O=C(O)CNCc1ccccc1OCc1cccc(Cl)c1. The van der Waals surface area contributed by atoms with Gasteiger partial charge in [-0.05, 0) is 23.8 Å². The van der Waals surface area contributed by atoms with Gasteiger partial charge in [-0.15, -0.1) is 0 Å². The van der Waals surface area contributed by atoms with Crippen molar-refractivity contribution in [3.8, 4) is 5.75 Å². The lowest BCUT2D eigenvalue weighted by Gasteiger charge is -2.12. The van der Waals surface area contributed by atoms with E-state index in [1.165, 1.54) is 0 Å². The molecule has 0 bridgehead atoms. The van der Waals surface area contributed by atoms with Crippen LogP contribution >= 0.6 is 11.6 Å². The van der Waals surface area contributed by atoms with E-state index < -0.39 is 5.97 Å². The van der Waals surface area contributed by atoms with Gasteiger partial charge in [0.25, 0.3) is 0 Å². The predicted molar refractivity (Wildman–Crippen MR) is 81.6 cm³/mol. The second kappa shape index (κ2) is 7.67. The fourth-order valence-corrected chi connectivity index (χ4v) is 2.10. The van der Waals surface area contributed by atoms with Crippen LogP contribution in [0, 0.1) is 0 Å². The molecule has 0 aliphatic rings. The van der Waals surface area contributed by atoms with Crippen LogP contribution in [0.5, 0.6) is 5.75 Å². The molecule has 0 amide bonds. The van der Waals surface area contributed by atoms with Crippen LogP contribution in [-0.4, -0.2) is 17.6 Å². The van der Waals surface area contributed by atoms with Crippen LogP contribution in [0.25, 0.3) is 0 Å². The number of nitrogens with one attached hydrogen (secondary N) is 1. The number of carboxylic acids is 1. The number of hydrogen-bond acceptors (Lipinski definition) is 3. The highest BCUT2D eigenvalue weighted by molar-refractivity contribution is 6.30. The van der Waals surface area contributed by atoms with E-state index in [1.807, 2.05) is 48.5 Å². The maximum absolute atomic E-state index is 10.5. The van der Waals surface area contributed by atoms with E-state index in [2.05, 4.69) is 5.32 Å². The Hall–Kier alpha value is -2.04. The lowest BCUT2D eigenvalue weighted by molar-refractivity contribution is -0.136. The highest BCUT2D eigenvalue weighted by Gasteiger charge is 2.04. The van der Waals surface area contributed by atoms with Crippen molar-refractivity contribution in [2.45, 2.75) is 13.2 Å². The molecule has 0 heterocycles. The normalized spacial score (nSPS) is 10.3. The summed E-state index contributed by atoms with van der Waals surface area (Å²) in [5.74, 6) is -0.150. The number of halogens is 1. The summed E-state index contributed by atoms with van der Waals surface area (Å²) in [5, 5.41) is 12.2. The van der Waals surface area contributed by atoms with Crippen molar-refractivity contribution < 1.29 is 14.6 Å². The molecule has 21 heavy (non-hydrogen) atoms. The zero-order valence-electron chi connectivity index (χ0n) is 11.4. The Morgan fingerprint density at radius 2 is 2.00 bits per heavy atom. The Morgan fingerprint density at radius 1 is 1.19 bits per heavy atom. The molecule has 0 radical (unpaired) electrons. The van der Waals surface area contributed by atoms with E-state index in [0.29, 0.717) is 18.2 Å². The Morgan fingerprint density at radius 3 is 2.76 bits per heavy atom. The molecule has 0 spiro atoms. The Kier molecular flexibility index (Phi) is 5.60. The van der Waals surface area contributed by atoms with Crippen LogP contribution in [0.2, 0.25) is 5.02 Å². The van der Waals surface area contributed by atoms with Gasteiger partial charge >= 0.3 is 5.97 Å². The number of carbonyl (C=O) groups is 1. The Bertz CT molecular complexity index is 616. The van der Waals surface area contributed by atoms with E-state index in [-0.39, 0.29) is 6.54 Å². The zero-order valence-corrected chi connectivity index (χ0v) is 12.1. The number of rotatable bonds is 7. The van der Waals surface area contributed by atoms with E-state index in [9.17, 15) is 4.79 Å². The standard InChI is InChI=1S/C16H16ClNO3/c17-14-6-3-4-12(8-14)11-21-15-7-2-1-5-13(15)9-18-10-16(19)20/h1-8,18H,9-11H2,(H,19,20). The van der Waals surface area contributed by atoms with Crippen LogP contribution in [0.4, 0.5) is 0 Å². The van der Waals surface area contributed by atoms with Crippen LogP contribution in [-0.2, 0) is 17.9 Å². The minimum atomic E-state index is -0.882. The third kappa shape index (κ3) is 5.10. The Labute approximate surface area is 128 Å². The van der Waals surface area contributed by atoms with Crippen LogP contribution in [0.3, 0.4) is 0 Å². The number of aliphatic carboxylic acids is 1. The van der Waals surface area contributed by atoms with Crippen molar-refractivity contribution in [3.05, 3.63) is 64.7 Å². The van der Waals surface area contributed by atoms with Crippen molar-refractivity contribution in [3.63, 3.8) is 0 Å². The molecule has 0 saturated carbocycles. The molecule has 2 aromatic carbocycles. The molecule has 2 rings (SSSR count). The second-order valence-corrected chi connectivity index (χ2v) is 4.96. The summed E-state index contributed by atoms with van der Waals surface area (Å²) in [6.45, 7) is 0.775. The molecule has 0 fully saturated rings. The van der Waals surface area contributed by atoms with Crippen LogP contribution < -0.4 is 10.1 Å². The number of para-hydroxylation sites is 1. The zero-order chi connectivity index (χ0) is 15.1. The van der Waals surface area contributed by atoms with Gasteiger partial charge in [0.15, 0.2) is 0 Å². The van der Waals surface area contributed by atoms with Gasteiger partial charge in [0, 0.05) is 17.1 Å². The van der Waals surface area contributed by atoms with Gasteiger partial charge in [-0.25, -0.2) is 0 Å². The molecule has 4 nitrogen and oxygen atoms in total. The summed E-state index contributed by atoms with van der Waals surface area (Å²) >= 11 is 5.93. The average molecular weight is 306 g/mol. The maximum atomic E-state index is 10.5. The summed E-state index contributed by atoms with van der Waals surface area (Å²) in [6, 6.07) is 15.0. The van der Waals surface area contributed by atoms with E-state index in [0.717, 1.165) is 16.9 Å². The monoisotopic (exact) mass is 305 g/mol. The largest absolute Gasteiger partial charge is 0.489 e. The Balaban J connectivity index is 1.97. The number of hydrogen-bond donors (Lipinski definition) is 2. The highest BCUT2D eigenvalue weighted by atomic mass is 35.5. The maximum Gasteiger partial charge on any atom is 0.317 e. The predicted octanol–water partition coefficient (Wildman–Crippen LogP) is 3.09. The van der Waals surface area contributed by atoms with Crippen molar-refractivity contribution in [1.29, 1.82) is 0 Å². The van der Waals surface area contributed by atoms with Crippen molar-refractivity contribution in [2.75, 3.05) is 6.54 Å². The summed E-state index contributed by atoms with van der Waals surface area (Å²) in [4.78, 5) is 10.5. The molecule has 5 heteroatoms. The van der Waals surface area contributed by atoms with Gasteiger partial charge in [-0.3, -0.25) is 4.79 Å². The van der Waals surface area contributed by atoms with Gasteiger partial charge in [-0.2, -0.15) is 0 Å². The fourth-order valence-electron chi connectivity index (χ4n) is 1.88. The minimum Gasteiger partial charge on any atom is -0.489 e. The average Bonchev–Trinajstić information content (AvgIpc) is 2.46. The van der Waals surface area contributed by atoms with Gasteiger partial charge in [-0.1, -0.05) is 41.9 Å². The first-order valence-corrected chi connectivity index (χ1v) is 6.90. The van der Waals surface area contributed by atoms with Gasteiger partial charge < -0.3 is 15.2 Å². The first-order valence-electron chi connectivity index (χ1n) is 6.53. The van der Waals surface area contributed by atoms with Crippen molar-refractivity contribution in [1.82, 2.24) is 5.32 Å². The summed E-state index contributed by atoms with van der Waals surface area (Å²) in [6.07, 6.45) is 0. The number of carboxylic acid groups (broad SMARTS) is 1. The van der Waals surface area contributed by atoms with Crippen LogP contribution in [0.15, 0.2) is 48.5 Å². The molecule has 2 N–H and O–H groups in total. The highest BCUT2D eigenvalue weighted by Crippen LogP contribution is 2.20. The molecule has 0 unspecified atom stereocenters. The molecular weight excluding hydrogens is 290 g/mol. The summed E-state index contributed by atoms with van der Waals surface area (Å²) in [7, 11) is 0. The second-order valence-electron chi connectivity index (χ2n) is 4.52. The molecule has 0 saturated heterocycles. The molecule has 0 atom stereocenters. The first kappa shape index (κ1) is 15.4. The topological polar surface area (TPSA) is 58.6 Å². The molecule has 0 aliphatic heterocycles. The van der Waals surface area contributed by atoms with Crippen LogP contribution in [0.1, 0.15) is 11.1 Å². The molecular formula is C16H16ClNO3. The minimum absolute atomic E-state index is 0.0807. The van der Waals surface area contributed by atoms with E-state index in [1.54, 1.807) is 0 Å². The molecule has 0 aromatic heterocycles.